The lowest BCUT2D eigenvalue weighted by Gasteiger charge is -2.01. The van der Waals surface area contributed by atoms with Crippen LogP contribution < -0.4 is 27.4 Å². The van der Waals surface area contributed by atoms with E-state index in [1.807, 2.05) is 0 Å². The molecule has 0 saturated heterocycles. The second-order valence-corrected chi connectivity index (χ2v) is 7.03. The Hall–Kier alpha value is -3.50. The number of halogens is 6. The Morgan fingerprint density at radius 1 is 0.792 bits per heavy atom. The molecule has 0 rings (SSSR count). The number of azide groups is 1. The van der Waals surface area contributed by atoms with Gasteiger partial charge in [-0.15, -0.1) is 6.42 Å². The number of carbonyl (C=O) groups excluding carboxylic acids is 2. The zero-order valence-electron chi connectivity index (χ0n) is 26.5. The number of hydrogen-bond donors (Lipinski definition) is 4. The summed E-state index contributed by atoms with van der Waals surface area (Å²) in [5.74, 6) is -4.37. The first kappa shape index (κ1) is 56.8. The van der Waals surface area contributed by atoms with Crippen molar-refractivity contribution in [3.63, 3.8) is 0 Å². The van der Waals surface area contributed by atoms with Gasteiger partial charge in [-0.05, 0) is 5.53 Å². The lowest BCUT2D eigenvalue weighted by molar-refractivity contribution is -0.374. The van der Waals surface area contributed by atoms with Crippen molar-refractivity contribution in [1.82, 2.24) is 0 Å². The number of aliphatic carboxylic acids is 3. The highest BCUT2D eigenvalue weighted by molar-refractivity contribution is 5.70. The van der Waals surface area contributed by atoms with Crippen molar-refractivity contribution in [2.24, 2.45) is 10.8 Å². The van der Waals surface area contributed by atoms with Crippen LogP contribution in [0.15, 0.2) is 5.11 Å². The van der Waals surface area contributed by atoms with Crippen LogP contribution in [0.5, 0.6) is 0 Å². The second-order valence-electron chi connectivity index (χ2n) is 7.03. The number of carboxylic acids is 3. The van der Waals surface area contributed by atoms with Crippen LogP contribution in [-0.2, 0) is 42.8 Å². The van der Waals surface area contributed by atoms with Crippen LogP contribution in [0.25, 0.3) is 10.4 Å². The van der Waals surface area contributed by atoms with Gasteiger partial charge in [0.1, 0.15) is 18.5 Å². The number of carbonyl (C=O) groups is 3. The van der Waals surface area contributed by atoms with E-state index in [1.165, 1.54) is 0 Å². The molecule has 9 N–H and O–H groups in total. The van der Waals surface area contributed by atoms with Gasteiger partial charge in [-0.3, -0.25) is 0 Å². The van der Waals surface area contributed by atoms with Gasteiger partial charge in [0, 0.05) is 25.1 Å². The van der Waals surface area contributed by atoms with Crippen LogP contribution in [0.3, 0.4) is 0 Å². The fourth-order valence-electron chi connectivity index (χ4n) is 1.35. The third kappa shape index (κ3) is 84.1. The van der Waals surface area contributed by atoms with Crippen LogP contribution >= 0.6 is 0 Å². The zero-order chi connectivity index (χ0) is 38.4. The molecule has 0 aromatic rings. The maximum absolute atomic E-state index is 10.6. The van der Waals surface area contributed by atoms with Gasteiger partial charge in [0.2, 0.25) is 0 Å². The minimum atomic E-state index is -3.34. The summed E-state index contributed by atoms with van der Waals surface area (Å²) < 4.78 is 93.0. The molecule has 0 fully saturated rings. The standard InChI is InChI=1S/C7H13NO2.C6H14N4O2.C5H13NO2.3C2H2F2O2/c1-2-4-9-6-7-10-5-3-8;7-1-3-11-5-6-12-4-2-9-10-8;1-7-4-5-8-3-2-6;3*3-1(4)2(5)6/h1H,3-8H2;1-7H2;2-6H2,1H3;3*1H,(H,5,6). The number of rotatable bonds is 22. The summed E-state index contributed by atoms with van der Waals surface area (Å²) in [7, 11) is 1.66. The van der Waals surface area contributed by atoms with E-state index in [0.29, 0.717) is 79.2 Å². The van der Waals surface area contributed by atoms with Crippen molar-refractivity contribution >= 4 is 17.9 Å². The molecular weight excluding hydrogens is 678 g/mol. The molecule has 0 spiro atoms. The predicted molar refractivity (Wildman–Crippen MR) is 149 cm³/mol. The first-order valence-electron chi connectivity index (χ1n) is 13.3. The minimum absolute atomic E-state index is 0.353. The van der Waals surface area contributed by atoms with Crippen LogP contribution in [0, 0.1) is 12.3 Å². The highest BCUT2D eigenvalue weighted by Gasteiger charge is 2.10. The third-order valence-electron chi connectivity index (χ3n) is 3.14. The van der Waals surface area contributed by atoms with Crippen molar-refractivity contribution in [3.8, 4) is 12.3 Å². The third-order valence-corrected chi connectivity index (χ3v) is 3.14. The molecule has 0 saturated carbocycles. The number of nitrogens with zero attached hydrogens (tertiary/aromatic N) is 3. The summed E-state index contributed by atoms with van der Waals surface area (Å²) in [5, 5.41) is 28.2. The molecule has 0 heterocycles. The Bertz CT molecular complexity index is 736. The van der Waals surface area contributed by atoms with E-state index in [-0.39, 0.29) is 0 Å². The fraction of sp³-hybridized carbons (Fsp3) is 0.792. The summed E-state index contributed by atoms with van der Waals surface area (Å²) in [4.78, 5) is 29.2. The molecule has 18 nitrogen and oxygen atoms in total. The van der Waals surface area contributed by atoms with Crippen molar-refractivity contribution < 1.29 is 95.9 Å². The summed E-state index contributed by atoms with van der Waals surface area (Å²) in [6.07, 6.45) is -4.98. The monoisotopic (exact) mass is 724 g/mol. The van der Waals surface area contributed by atoms with E-state index in [9.17, 15) is 26.3 Å². The van der Waals surface area contributed by atoms with Gasteiger partial charge in [-0.25, -0.2) is 22.4 Å². The minimum Gasteiger partial charge on any atom is -0.544 e. The number of ether oxygens (including phenoxy) is 6. The molecule has 0 aromatic heterocycles. The molecule has 0 aromatic carbocycles. The molecule has 0 unspecified atom stereocenters. The molecule has 0 atom stereocenters. The Labute approximate surface area is 273 Å². The van der Waals surface area contributed by atoms with Gasteiger partial charge in [0.15, 0.2) is 0 Å². The normalized spacial score (nSPS) is 9.33. The average Bonchev–Trinajstić information content (AvgIpc) is 3.04. The largest absolute Gasteiger partial charge is 0.544 e. The number of hydrogen-bond acceptors (Lipinski definition) is 13. The number of nitrogens with two attached hydrogens (primary N) is 1. The molecule has 0 bridgehead atoms. The number of quaternary nitrogens is 2. The molecule has 24 heteroatoms. The summed E-state index contributed by atoms with van der Waals surface area (Å²) in [6.45, 7) is 8.94. The predicted octanol–water partition coefficient (Wildman–Crippen LogP) is -3.59. The fourth-order valence-corrected chi connectivity index (χ4v) is 1.35. The Morgan fingerprint density at radius 3 is 1.44 bits per heavy atom. The maximum atomic E-state index is 10.6. The first-order chi connectivity index (χ1) is 22.7. The van der Waals surface area contributed by atoms with Gasteiger partial charge >= 0.3 is 12.4 Å². The van der Waals surface area contributed by atoms with E-state index in [1.54, 1.807) is 7.11 Å². The smallest absolute Gasteiger partial charge is 0.371 e. The molecule has 286 valence electrons. The van der Waals surface area contributed by atoms with Gasteiger partial charge in [0.05, 0.1) is 79.2 Å². The van der Waals surface area contributed by atoms with Gasteiger partial charge in [-0.1, -0.05) is 11.0 Å². The molecule has 0 amide bonds. The lowest BCUT2D eigenvalue weighted by Crippen LogP contribution is -2.52. The van der Waals surface area contributed by atoms with Crippen molar-refractivity contribution in [1.29, 1.82) is 0 Å². The van der Waals surface area contributed by atoms with Gasteiger partial charge < -0.3 is 70.5 Å². The van der Waals surface area contributed by atoms with E-state index < -0.39 is 37.2 Å². The number of alkyl halides is 6. The highest BCUT2D eigenvalue weighted by atomic mass is 19.3. The van der Waals surface area contributed by atoms with Crippen LogP contribution in [0.4, 0.5) is 26.3 Å². The van der Waals surface area contributed by atoms with E-state index in [2.05, 4.69) is 27.4 Å². The summed E-state index contributed by atoms with van der Waals surface area (Å²) in [5.41, 5.74) is 20.3. The lowest BCUT2D eigenvalue weighted by atomic mass is 10.7. The Morgan fingerprint density at radius 2 is 1.15 bits per heavy atom. The highest BCUT2D eigenvalue weighted by Crippen LogP contribution is 1.88. The number of carboxylic acid groups (broad SMARTS) is 3. The molecule has 0 radical (unpaired) electrons. The van der Waals surface area contributed by atoms with Crippen molar-refractivity contribution in [3.05, 3.63) is 10.4 Å². The van der Waals surface area contributed by atoms with Crippen molar-refractivity contribution in [2.45, 2.75) is 19.3 Å². The summed E-state index contributed by atoms with van der Waals surface area (Å²) in [6, 6.07) is 0. The van der Waals surface area contributed by atoms with E-state index >= 15 is 0 Å². The molecule has 0 aliphatic rings. The van der Waals surface area contributed by atoms with E-state index in [0.717, 1.165) is 19.7 Å². The average molecular weight is 725 g/mol. The quantitative estimate of drug-likeness (QED) is 0.0210. The molecule has 0 aliphatic carbocycles. The molecule has 48 heavy (non-hydrogen) atoms. The van der Waals surface area contributed by atoms with E-state index in [4.69, 9.17) is 75.8 Å². The van der Waals surface area contributed by atoms with Crippen molar-refractivity contribution in [2.75, 3.05) is 106 Å². The molecular formula is C24H46F6N6O12. The number of terminal acetylenes is 1. The van der Waals surface area contributed by atoms with Gasteiger partial charge in [-0.2, -0.15) is 8.78 Å². The Balaban J connectivity index is -0.000000113. The van der Waals surface area contributed by atoms with Crippen LogP contribution in [-0.4, -0.2) is 148 Å². The second kappa shape index (κ2) is 53.0. The SMILES string of the molecule is C#CCOCCOCCN.COCCOCC[NH3+].O=C(O)C(F)F.O=C([O-])C(F)F.O=C([O-])C(F)F.[N-]=[N+]=NCCOCCOCC[NH3+]. The molecule has 0 aliphatic heterocycles. The van der Waals surface area contributed by atoms with Gasteiger partial charge in [0.25, 0.3) is 12.9 Å². The van der Waals surface area contributed by atoms with Crippen LogP contribution in [0.2, 0.25) is 0 Å². The zero-order valence-corrected chi connectivity index (χ0v) is 26.5. The maximum Gasteiger partial charge on any atom is 0.371 e. The number of methoxy groups -OCH3 is 1. The van der Waals surface area contributed by atoms with Crippen LogP contribution in [0.1, 0.15) is 0 Å². The topological polar surface area (TPSA) is 303 Å². The first-order valence-corrected chi connectivity index (χ1v) is 13.3. The Kier molecular flexibility index (Phi) is 62.7. The summed E-state index contributed by atoms with van der Waals surface area (Å²) >= 11 is 0.